The van der Waals surface area contributed by atoms with Gasteiger partial charge in [0.1, 0.15) is 0 Å². The Kier molecular flexibility index (Phi) is 14.5. The fourth-order valence-corrected chi connectivity index (χ4v) is 2.75. The first-order valence-electron chi connectivity index (χ1n) is 8.57. The molecule has 0 amide bonds. The van der Waals surface area contributed by atoms with Gasteiger partial charge in [0.25, 0.3) is 0 Å². The molecular weight excluding hydrogens is 300 g/mol. The fraction of sp³-hybridized carbons (Fsp3) is 0.632. The molecule has 22 heavy (non-hydrogen) atoms. The second kappa shape index (κ2) is 14.5. The molecule has 0 saturated heterocycles. The van der Waals surface area contributed by atoms with Crippen molar-refractivity contribution >= 4 is 43.7 Å². The first-order chi connectivity index (χ1) is 10.3. The van der Waals surface area contributed by atoms with Crippen LogP contribution in [0.4, 0.5) is 0 Å². The Balaban J connectivity index is 0.00000441. The van der Waals surface area contributed by atoms with E-state index in [0.717, 1.165) is 18.4 Å². The number of carbonyl (C=O) groups is 1. The summed E-state index contributed by atoms with van der Waals surface area (Å²) in [6.45, 7) is 2.25. The van der Waals surface area contributed by atoms with Gasteiger partial charge in [0.2, 0.25) is 0 Å². The van der Waals surface area contributed by atoms with Crippen molar-refractivity contribution in [1.82, 2.24) is 0 Å². The summed E-state index contributed by atoms with van der Waals surface area (Å²) in [5.41, 5.74) is 1.44. The molecule has 0 fully saturated rings. The molecule has 2 nitrogen and oxygen atoms in total. The van der Waals surface area contributed by atoms with E-state index in [1.54, 1.807) is 12.1 Å². The maximum atomic E-state index is 11.1. The molecule has 1 N–H and O–H groups in total. The van der Waals surface area contributed by atoms with Gasteiger partial charge in [-0.15, -0.1) is 0 Å². The van der Waals surface area contributed by atoms with Crippen LogP contribution in [0.25, 0.3) is 0 Å². The number of benzene rings is 1. The van der Waals surface area contributed by atoms with Crippen LogP contribution >= 0.6 is 0 Å². The van der Waals surface area contributed by atoms with Crippen molar-refractivity contribution in [3.63, 3.8) is 0 Å². The minimum absolute atomic E-state index is 0. The molecular formula is C19H30CaO2. The molecule has 3 heteroatoms. The average molecular weight is 331 g/mol. The average Bonchev–Trinajstić information content (AvgIpc) is 2.49. The van der Waals surface area contributed by atoms with Gasteiger partial charge in [0.05, 0.1) is 5.56 Å². The van der Waals surface area contributed by atoms with Crippen LogP contribution in [0.15, 0.2) is 24.3 Å². The van der Waals surface area contributed by atoms with Crippen molar-refractivity contribution in [2.24, 2.45) is 0 Å². The Bertz CT molecular complexity index is 404. The molecule has 1 aromatic carbocycles. The van der Waals surface area contributed by atoms with Crippen molar-refractivity contribution in [3.8, 4) is 0 Å². The summed E-state index contributed by atoms with van der Waals surface area (Å²) in [5, 5.41) is 9.13. The Morgan fingerprint density at radius 2 is 1.36 bits per heavy atom. The van der Waals surface area contributed by atoms with Gasteiger partial charge in [-0.1, -0.05) is 82.9 Å². The number of aromatic carboxylic acids is 1. The summed E-state index contributed by atoms with van der Waals surface area (Å²) < 4.78 is 0. The van der Waals surface area contributed by atoms with Crippen LogP contribution in [-0.4, -0.2) is 48.8 Å². The van der Waals surface area contributed by atoms with Crippen LogP contribution in [0.2, 0.25) is 0 Å². The number of rotatable bonds is 12. The van der Waals surface area contributed by atoms with Gasteiger partial charge in [-0.2, -0.15) is 0 Å². The Labute approximate surface area is 165 Å². The molecule has 2 radical (unpaired) electrons. The van der Waals surface area contributed by atoms with Crippen molar-refractivity contribution < 1.29 is 9.90 Å². The largest absolute Gasteiger partial charge is 0.478 e. The maximum Gasteiger partial charge on any atom is 0.335 e. The van der Waals surface area contributed by atoms with Crippen molar-refractivity contribution in [2.75, 3.05) is 0 Å². The Morgan fingerprint density at radius 1 is 0.864 bits per heavy atom. The van der Waals surface area contributed by atoms with Gasteiger partial charge in [-0.25, -0.2) is 4.79 Å². The molecule has 0 aliphatic heterocycles. The van der Waals surface area contributed by atoms with Gasteiger partial charge in [-0.3, -0.25) is 0 Å². The summed E-state index contributed by atoms with van der Waals surface area (Å²) in [7, 11) is 0. The number of hydrogen-bond acceptors (Lipinski definition) is 1. The van der Waals surface area contributed by atoms with Crippen LogP contribution in [-0.2, 0) is 6.42 Å². The first-order valence-corrected chi connectivity index (χ1v) is 8.57. The normalized spacial score (nSPS) is 10.2. The predicted molar refractivity (Wildman–Crippen MR) is 94.7 cm³/mol. The molecule has 0 spiro atoms. The number of hydrogen-bond donors (Lipinski definition) is 1. The smallest absolute Gasteiger partial charge is 0.335 e. The van der Waals surface area contributed by atoms with Crippen molar-refractivity contribution in [1.29, 1.82) is 0 Å². The van der Waals surface area contributed by atoms with Crippen LogP contribution in [0.5, 0.6) is 0 Å². The summed E-state index contributed by atoms with van der Waals surface area (Å²) >= 11 is 0. The van der Waals surface area contributed by atoms with E-state index < -0.39 is 5.97 Å². The SMILES string of the molecule is CCCCCCCCCCCCc1ccccc1C(=O)O.[Ca]. The molecule has 0 atom stereocenters. The molecule has 0 aromatic heterocycles. The molecule has 120 valence electrons. The topological polar surface area (TPSA) is 37.3 Å². The summed E-state index contributed by atoms with van der Waals surface area (Å²) in [5.74, 6) is -0.808. The van der Waals surface area contributed by atoms with Gasteiger partial charge in [0, 0.05) is 37.7 Å². The quantitative estimate of drug-likeness (QED) is 0.408. The summed E-state index contributed by atoms with van der Waals surface area (Å²) in [4.78, 5) is 11.1. The molecule has 0 heterocycles. The molecule has 0 aliphatic carbocycles. The van der Waals surface area contributed by atoms with Crippen LogP contribution < -0.4 is 0 Å². The van der Waals surface area contributed by atoms with E-state index in [1.165, 1.54) is 57.8 Å². The number of carboxylic acids is 1. The van der Waals surface area contributed by atoms with Gasteiger partial charge in [0.15, 0.2) is 0 Å². The second-order valence-corrected chi connectivity index (χ2v) is 5.89. The molecule has 0 unspecified atom stereocenters. The third-order valence-corrected chi connectivity index (χ3v) is 4.05. The van der Waals surface area contributed by atoms with E-state index in [1.807, 2.05) is 12.1 Å². The van der Waals surface area contributed by atoms with E-state index in [-0.39, 0.29) is 37.7 Å². The Hall–Kier alpha value is -0.0503. The zero-order valence-electron chi connectivity index (χ0n) is 14.2. The third-order valence-electron chi connectivity index (χ3n) is 4.05. The monoisotopic (exact) mass is 330 g/mol. The van der Waals surface area contributed by atoms with Gasteiger partial charge in [-0.05, 0) is 24.5 Å². The van der Waals surface area contributed by atoms with E-state index in [2.05, 4.69) is 6.92 Å². The molecule has 0 saturated carbocycles. The van der Waals surface area contributed by atoms with Gasteiger partial charge >= 0.3 is 5.97 Å². The van der Waals surface area contributed by atoms with E-state index in [9.17, 15) is 4.79 Å². The first kappa shape index (κ1) is 21.9. The summed E-state index contributed by atoms with van der Waals surface area (Å²) in [6, 6.07) is 7.37. The van der Waals surface area contributed by atoms with E-state index in [4.69, 9.17) is 5.11 Å². The van der Waals surface area contributed by atoms with Crippen LogP contribution in [0.3, 0.4) is 0 Å². The van der Waals surface area contributed by atoms with Crippen molar-refractivity contribution in [2.45, 2.75) is 77.6 Å². The summed E-state index contributed by atoms with van der Waals surface area (Å²) in [6.07, 6.45) is 14.0. The zero-order chi connectivity index (χ0) is 15.3. The zero-order valence-corrected chi connectivity index (χ0v) is 16.4. The molecule has 1 aromatic rings. The minimum Gasteiger partial charge on any atom is -0.478 e. The fourth-order valence-electron chi connectivity index (χ4n) is 2.75. The number of aryl methyl sites for hydroxylation is 1. The predicted octanol–water partition coefficient (Wildman–Crippen LogP) is 5.47. The van der Waals surface area contributed by atoms with E-state index >= 15 is 0 Å². The van der Waals surface area contributed by atoms with Crippen LogP contribution in [0, 0.1) is 0 Å². The maximum absolute atomic E-state index is 11.1. The molecule has 0 aliphatic rings. The molecule has 0 bridgehead atoms. The third kappa shape index (κ3) is 9.86. The molecule has 1 rings (SSSR count). The van der Waals surface area contributed by atoms with Crippen molar-refractivity contribution in [3.05, 3.63) is 35.4 Å². The minimum atomic E-state index is -0.808. The Morgan fingerprint density at radius 3 is 1.91 bits per heavy atom. The number of unbranched alkanes of at least 4 members (excludes halogenated alkanes) is 9. The second-order valence-electron chi connectivity index (χ2n) is 5.89. The number of carboxylic acid groups (broad SMARTS) is 1. The van der Waals surface area contributed by atoms with Gasteiger partial charge < -0.3 is 5.11 Å². The van der Waals surface area contributed by atoms with Crippen LogP contribution in [0.1, 0.15) is 87.1 Å². The van der Waals surface area contributed by atoms with E-state index in [0.29, 0.717) is 5.56 Å². The standard InChI is InChI=1S/C19H30O2.Ca/c1-2-3-4-5-6-7-8-9-10-11-14-17-15-12-13-16-18(17)19(20)21;/h12-13,15-16H,2-11,14H2,1H3,(H,20,21);.